The topological polar surface area (TPSA) is 0 Å². The van der Waals surface area contributed by atoms with Crippen LogP contribution in [-0.4, -0.2) is 0 Å². The van der Waals surface area contributed by atoms with Crippen molar-refractivity contribution in [2.45, 2.75) is 33.6 Å². The molecule has 0 unspecified atom stereocenters. The third kappa shape index (κ3) is 7.31. The van der Waals surface area contributed by atoms with Crippen LogP contribution >= 0.6 is 0 Å². The normalized spacial score (nSPS) is 13.3. The fraction of sp³-hybridized carbons (Fsp3) is 0.600. The molecule has 0 saturated heterocycles. The highest BCUT2D eigenvalue weighted by Gasteiger charge is 2.10. The Bertz CT molecular complexity index is 149. The number of hydrogen-bond donors (Lipinski definition) is 0. The zero-order chi connectivity index (χ0) is 8.91. The Morgan fingerprint density at radius 1 is 1.45 bits per heavy atom. The van der Waals surface area contributed by atoms with Crippen LogP contribution in [0.4, 0.5) is 4.39 Å². The van der Waals surface area contributed by atoms with E-state index in [1.54, 1.807) is 0 Å². The minimum Gasteiger partial charge on any atom is -0.212 e. The van der Waals surface area contributed by atoms with Crippen molar-refractivity contribution < 1.29 is 4.39 Å². The van der Waals surface area contributed by atoms with E-state index in [1.807, 2.05) is 0 Å². The molecule has 0 aromatic carbocycles. The molecule has 0 aromatic rings. The van der Waals surface area contributed by atoms with Gasteiger partial charge in [0.05, 0.1) is 5.83 Å². The van der Waals surface area contributed by atoms with Crippen molar-refractivity contribution in [1.29, 1.82) is 0 Å². The molecule has 0 saturated carbocycles. The summed E-state index contributed by atoms with van der Waals surface area (Å²) < 4.78 is 12.7. The van der Waals surface area contributed by atoms with Gasteiger partial charge in [-0.2, -0.15) is 0 Å². The summed E-state index contributed by atoms with van der Waals surface area (Å²) in [6.45, 7) is 9.74. The first-order valence-corrected chi connectivity index (χ1v) is 3.93. The van der Waals surface area contributed by atoms with E-state index in [0.717, 1.165) is 6.42 Å². The molecule has 0 radical (unpaired) electrons. The third-order valence-electron chi connectivity index (χ3n) is 1.41. The van der Waals surface area contributed by atoms with E-state index in [0.29, 0.717) is 6.42 Å². The van der Waals surface area contributed by atoms with Gasteiger partial charge in [0, 0.05) is 0 Å². The zero-order valence-electron chi connectivity index (χ0n) is 7.65. The standard InChI is InChI=1S/C10H17F/c1-5-6-9(11)7-8-10(2,3)4/h5-6H,1,7-8H2,2-4H3/b9-6+. The highest BCUT2D eigenvalue weighted by Crippen LogP contribution is 2.23. The number of rotatable bonds is 3. The summed E-state index contributed by atoms with van der Waals surface area (Å²) in [5.41, 5.74) is 0.215. The van der Waals surface area contributed by atoms with E-state index in [1.165, 1.54) is 12.2 Å². The van der Waals surface area contributed by atoms with Gasteiger partial charge in [-0.1, -0.05) is 33.4 Å². The van der Waals surface area contributed by atoms with E-state index < -0.39 is 0 Å². The van der Waals surface area contributed by atoms with E-state index in [4.69, 9.17) is 0 Å². The number of halogens is 1. The van der Waals surface area contributed by atoms with E-state index in [9.17, 15) is 4.39 Å². The van der Waals surface area contributed by atoms with Crippen molar-refractivity contribution in [2.75, 3.05) is 0 Å². The fourth-order valence-electron chi connectivity index (χ4n) is 0.706. The van der Waals surface area contributed by atoms with Crippen LogP contribution in [0.5, 0.6) is 0 Å². The van der Waals surface area contributed by atoms with Crippen molar-refractivity contribution in [3.63, 3.8) is 0 Å². The second-order valence-electron chi connectivity index (χ2n) is 3.91. The highest BCUT2D eigenvalue weighted by molar-refractivity contribution is 5.03. The Hall–Kier alpha value is -0.590. The van der Waals surface area contributed by atoms with Gasteiger partial charge in [-0.05, 0) is 24.3 Å². The molecule has 1 heteroatoms. The van der Waals surface area contributed by atoms with Gasteiger partial charge in [0.25, 0.3) is 0 Å². The largest absolute Gasteiger partial charge is 0.212 e. The van der Waals surface area contributed by atoms with Gasteiger partial charge in [0.2, 0.25) is 0 Å². The van der Waals surface area contributed by atoms with Crippen LogP contribution in [0.25, 0.3) is 0 Å². The third-order valence-corrected chi connectivity index (χ3v) is 1.41. The van der Waals surface area contributed by atoms with E-state index in [2.05, 4.69) is 27.4 Å². The molecule has 0 aromatic heterocycles. The lowest BCUT2D eigenvalue weighted by Crippen LogP contribution is -2.03. The highest BCUT2D eigenvalue weighted by atomic mass is 19.1. The van der Waals surface area contributed by atoms with Crippen molar-refractivity contribution in [2.24, 2.45) is 5.41 Å². The molecule has 0 aliphatic heterocycles. The SMILES string of the molecule is C=C/C=C(/F)CCC(C)(C)C. The number of hydrogen-bond acceptors (Lipinski definition) is 0. The van der Waals surface area contributed by atoms with E-state index in [-0.39, 0.29) is 11.2 Å². The summed E-state index contributed by atoms with van der Waals surface area (Å²) in [6, 6.07) is 0. The van der Waals surface area contributed by atoms with Gasteiger partial charge in [0.1, 0.15) is 0 Å². The second-order valence-corrected chi connectivity index (χ2v) is 3.91. The van der Waals surface area contributed by atoms with Gasteiger partial charge in [-0.15, -0.1) is 0 Å². The minimum absolute atomic E-state index is 0.0741. The summed E-state index contributed by atoms with van der Waals surface area (Å²) >= 11 is 0. The van der Waals surface area contributed by atoms with Gasteiger partial charge in [-0.25, -0.2) is 4.39 Å². The lowest BCUT2D eigenvalue weighted by Gasteiger charge is -2.16. The molecule has 0 atom stereocenters. The molecule has 0 amide bonds. The number of allylic oxidation sites excluding steroid dienone is 3. The molecule has 0 aliphatic carbocycles. The lowest BCUT2D eigenvalue weighted by atomic mass is 9.90. The van der Waals surface area contributed by atoms with Gasteiger partial charge in [0.15, 0.2) is 0 Å². The van der Waals surface area contributed by atoms with Crippen LogP contribution in [-0.2, 0) is 0 Å². The fourth-order valence-corrected chi connectivity index (χ4v) is 0.706. The van der Waals surface area contributed by atoms with E-state index >= 15 is 0 Å². The first kappa shape index (κ1) is 10.4. The van der Waals surface area contributed by atoms with Crippen LogP contribution in [0, 0.1) is 5.41 Å². The predicted molar refractivity (Wildman–Crippen MR) is 48.1 cm³/mol. The molecule has 0 spiro atoms. The molecule has 0 nitrogen and oxygen atoms in total. The van der Waals surface area contributed by atoms with Crippen molar-refractivity contribution in [3.05, 3.63) is 24.6 Å². The molecular formula is C10H17F. The maximum Gasteiger partial charge on any atom is 0.0999 e. The summed E-state index contributed by atoms with van der Waals surface area (Å²) in [5, 5.41) is 0. The molecule has 64 valence electrons. The Labute approximate surface area is 68.8 Å². The monoisotopic (exact) mass is 156 g/mol. The molecule has 0 aliphatic rings. The maximum absolute atomic E-state index is 12.7. The Morgan fingerprint density at radius 2 is 2.00 bits per heavy atom. The smallest absolute Gasteiger partial charge is 0.0999 e. The maximum atomic E-state index is 12.7. The summed E-state index contributed by atoms with van der Waals surface area (Å²) in [6.07, 6.45) is 4.31. The van der Waals surface area contributed by atoms with Crippen LogP contribution in [0.1, 0.15) is 33.6 Å². The Kier molecular flexibility index (Phi) is 4.09. The van der Waals surface area contributed by atoms with Crippen LogP contribution < -0.4 is 0 Å². The van der Waals surface area contributed by atoms with Gasteiger partial charge >= 0.3 is 0 Å². The average molecular weight is 156 g/mol. The summed E-state index contributed by atoms with van der Waals surface area (Å²) in [7, 11) is 0. The first-order valence-electron chi connectivity index (χ1n) is 3.93. The summed E-state index contributed by atoms with van der Waals surface area (Å²) in [5.74, 6) is -0.0741. The van der Waals surface area contributed by atoms with Crippen LogP contribution in [0.3, 0.4) is 0 Å². The molecule has 0 N–H and O–H groups in total. The molecule has 0 heterocycles. The Morgan fingerprint density at radius 3 is 2.36 bits per heavy atom. The molecule has 11 heavy (non-hydrogen) atoms. The quantitative estimate of drug-likeness (QED) is 0.544. The molecule has 0 bridgehead atoms. The molecule has 0 fully saturated rings. The lowest BCUT2D eigenvalue weighted by molar-refractivity contribution is 0.362. The van der Waals surface area contributed by atoms with Crippen LogP contribution in [0.2, 0.25) is 0 Å². The van der Waals surface area contributed by atoms with Crippen molar-refractivity contribution in [1.82, 2.24) is 0 Å². The predicted octanol–water partition coefficient (Wildman–Crippen LogP) is 3.85. The first-order chi connectivity index (χ1) is 4.95. The molecular weight excluding hydrogens is 139 g/mol. The zero-order valence-corrected chi connectivity index (χ0v) is 7.65. The summed E-state index contributed by atoms with van der Waals surface area (Å²) in [4.78, 5) is 0. The van der Waals surface area contributed by atoms with Crippen molar-refractivity contribution >= 4 is 0 Å². The minimum atomic E-state index is -0.0741. The van der Waals surface area contributed by atoms with Gasteiger partial charge < -0.3 is 0 Å². The Balaban J connectivity index is 3.71. The molecule has 0 rings (SSSR count). The second kappa shape index (κ2) is 4.32. The van der Waals surface area contributed by atoms with Crippen molar-refractivity contribution in [3.8, 4) is 0 Å². The van der Waals surface area contributed by atoms with Gasteiger partial charge in [-0.3, -0.25) is 0 Å². The van der Waals surface area contributed by atoms with Crippen LogP contribution in [0.15, 0.2) is 24.6 Å². The average Bonchev–Trinajstić information content (AvgIpc) is 1.83.